The molecule has 147 heavy (non-hydrogen) atoms. The fourth-order valence-electron chi connectivity index (χ4n) is 17.9. The molecule has 0 saturated carbocycles. The number of aromatic nitrogens is 4. The lowest BCUT2D eigenvalue weighted by Gasteiger charge is -2.36. The molecule has 5 saturated heterocycles. The quantitative estimate of drug-likeness (QED) is 0.0277. The molecule has 4 amide bonds. The largest absolute Gasteiger partial charge is 0.482 e. The number of methoxy groups -OCH3 is 1. The number of anilines is 4. The maximum absolute atomic E-state index is 14.9. The SMILES string of the molecule is CC(Oc1cc(-c2ccc(C(=O)N3CCS(=O)(=O)CC3)cc2)cnc1N)c1c(Cl)ccc(F)c1Cl.CC(Oc1cc(-c2ccc(F)c(C(=O)N3CCC(N4CCCC4)CC3)c2)cnc1N)c1c(Cl)ccc(F)c1Cl.CC(Oc1cc(-c2ccc(F)c(C(=O)N3C[C@@H](C)N[C@@H](C)C3)c2)cnc1N)c1c(Cl)ccc(F)c1Cl.COCCN1CCN(C(=O)c2ccc(-c3cnc(N)c(OC(C)c4c(Cl)ccc(F)c4Cl)c3)cc2)CC1. The van der Waals surface area contributed by atoms with Crippen LogP contribution in [0.3, 0.4) is 0 Å². The number of hydrogen-bond acceptors (Lipinski definition) is 22. The van der Waals surface area contributed by atoms with E-state index in [1.165, 1.54) is 103 Å². The second kappa shape index (κ2) is 49.6. The van der Waals surface area contributed by atoms with Gasteiger partial charge in [-0.05, 0) is 224 Å². The summed E-state index contributed by atoms with van der Waals surface area (Å²) in [4.78, 5) is 80.6. The smallest absolute Gasteiger partial charge is 0.256 e. The first kappa shape index (κ1) is 111. The maximum Gasteiger partial charge on any atom is 0.256 e. The molecular formula is C106H107Cl8F6N15O11S. The number of carbonyl (C=O) groups excluding carboxylic acids is 4. The van der Waals surface area contributed by atoms with Crippen molar-refractivity contribution < 1.29 is 77.6 Å². The molecule has 26 nitrogen and oxygen atoms in total. The first-order valence-corrected chi connectivity index (χ1v) is 52.1. The van der Waals surface area contributed by atoms with Crippen molar-refractivity contribution >= 4 is 150 Å². The number of rotatable bonds is 24. The summed E-state index contributed by atoms with van der Waals surface area (Å²) in [6.07, 6.45) is 7.61. The van der Waals surface area contributed by atoms with E-state index in [1.54, 1.807) is 130 Å². The Kier molecular flexibility index (Phi) is 37.5. The lowest BCUT2D eigenvalue weighted by molar-refractivity contribution is 0.0592. The number of pyridine rings is 4. The van der Waals surface area contributed by atoms with Crippen LogP contribution in [0.15, 0.2) is 183 Å². The van der Waals surface area contributed by atoms with Crippen LogP contribution in [-0.2, 0) is 14.6 Å². The van der Waals surface area contributed by atoms with Crippen LogP contribution >= 0.6 is 92.8 Å². The van der Waals surface area contributed by atoms with E-state index in [0.29, 0.717) is 113 Å². The Balaban J connectivity index is 0.000000155. The Morgan fingerprint density at radius 3 is 1.01 bits per heavy atom. The highest BCUT2D eigenvalue weighted by Crippen LogP contribution is 2.44. The lowest BCUT2D eigenvalue weighted by Crippen LogP contribution is -2.55. The van der Waals surface area contributed by atoms with E-state index in [4.69, 9.17) is 139 Å². The highest BCUT2D eigenvalue weighted by Gasteiger charge is 2.35. The summed E-state index contributed by atoms with van der Waals surface area (Å²) < 4.78 is 138. The van der Waals surface area contributed by atoms with Gasteiger partial charge in [0.05, 0.1) is 49.3 Å². The molecule has 9 N–H and O–H groups in total. The topological polar surface area (TPSA) is 336 Å². The van der Waals surface area contributed by atoms with E-state index in [0.717, 1.165) is 62.3 Å². The summed E-state index contributed by atoms with van der Waals surface area (Å²) in [6.45, 7) is 20.0. The van der Waals surface area contributed by atoms with Gasteiger partial charge in [-0.25, -0.2) is 54.7 Å². The van der Waals surface area contributed by atoms with Gasteiger partial charge < -0.3 is 76.4 Å². The number of piperazine rings is 2. The van der Waals surface area contributed by atoms with E-state index >= 15 is 0 Å². The van der Waals surface area contributed by atoms with Crippen LogP contribution < -0.4 is 47.2 Å². The minimum Gasteiger partial charge on any atom is -0.482 e. The Bertz CT molecular complexity index is 6920. The van der Waals surface area contributed by atoms with Gasteiger partial charge in [-0.2, -0.15) is 0 Å². The average Bonchev–Trinajstić information content (AvgIpc) is 1.73. The first-order valence-electron chi connectivity index (χ1n) is 47.2. The van der Waals surface area contributed by atoms with Crippen molar-refractivity contribution in [3.63, 3.8) is 0 Å². The summed E-state index contributed by atoms with van der Waals surface area (Å²) in [5, 5.41) is 3.91. The molecule has 5 fully saturated rings. The predicted molar refractivity (Wildman–Crippen MR) is 565 cm³/mol. The molecule has 0 bridgehead atoms. The zero-order valence-electron chi connectivity index (χ0n) is 81.0. The molecule has 41 heteroatoms. The van der Waals surface area contributed by atoms with Gasteiger partial charge in [0.1, 0.15) is 59.3 Å². The Labute approximate surface area is 888 Å². The fraction of sp³-hybridized carbons (Fsp3) is 0.321. The molecule has 5 aliphatic rings. The zero-order valence-corrected chi connectivity index (χ0v) is 87.8. The van der Waals surface area contributed by atoms with E-state index < -0.39 is 69.2 Å². The molecule has 12 aromatic rings. The summed E-state index contributed by atoms with van der Waals surface area (Å²) in [5.74, 6) is -3.06. The molecule has 776 valence electrons. The number of ether oxygens (including phenoxy) is 5. The van der Waals surface area contributed by atoms with E-state index in [9.17, 15) is 53.9 Å². The van der Waals surface area contributed by atoms with Gasteiger partial charge in [-0.3, -0.25) is 24.1 Å². The predicted octanol–water partition coefficient (Wildman–Crippen LogP) is 22.7. The highest BCUT2D eigenvalue weighted by atomic mass is 35.5. The molecule has 5 aliphatic heterocycles. The number of halogens is 14. The van der Waals surface area contributed by atoms with Crippen LogP contribution in [0.4, 0.5) is 49.6 Å². The van der Waals surface area contributed by atoms with Crippen molar-refractivity contribution in [1.29, 1.82) is 0 Å². The maximum atomic E-state index is 14.9. The number of carbonyl (C=O) groups is 4. The molecule has 4 unspecified atom stereocenters. The first-order chi connectivity index (χ1) is 70.1. The Morgan fingerprint density at radius 1 is 0.381 bits per heavy atom. The van der Waals surface area contributed by atoms with Gasteiger partial charge in [-0.1, -0.05) is 129 Å². The summed E-state index contributed by atoms with van der Waals surface area (Å²) in [5.41, 5.74) is 31.7. The second-order valence-electron chi connectivity index (χ2n) is 36.1. The Hall–Kier alpha value is -11.7. The van der Waals surface area contributed by atoms with E-state index in [-0.39, 0.29) is 158 Å². The monoisotopic (exact) mass is 2190 g/mol. The van der Waals surface area contributed by atoms with Gasteiger partial charge in [0.25, 0.3) is 23.6 Å². The number of hydrogen-bond donors (Lipinski definition) is 5. The fourth-order valence-corrected chi connectivity index (χ4v) is 21.8. The molecule has 4 aromatic heterocycles. The van der Waals surface area contributed by atoms with Gasteiger partial charge in [0, 0.05) is 198 Å². The minimum atomic E-state index is -3.07. The second-order valence-corrected chi connectivity index (χ2v) is 41.5. The zero-order chi connectivity index (χ0) is 106. The number of likely N-dealkylation sites (tertiary alicyclic amines) is 2. The van der Waals surface area contributed by atoms with Crippen LogP contribution in [0.2, 0.25) is 40.2 Å². The van der Waals surface area contributed by atoms with Crippen LogP contribution in [0.1, 0.15) is 155 Å². The molecule has 8 aromatic carbocycles. The number of nitrogen functional groups attached to an aromatic ring is 4. The normalized spacial score (nSPS) is 16.8. The minimum absolute atomic E-state index is 0.00932. The summed E-state index contributed by atoms with van der Waals surface area (Å²) >= 11 is 49.4. The molecule has 0 radical (unpaired) electrons. The standard InChI is InChI=1S/C29H30Cl2F2N4O2.C27H29Cl2FN4O3.C26H26Cl2F2N4O2.C24H22Cl2FN3O4S/c1-17(26-22(30)5-7-24(33)27(26)31)39-25-15-19(16-35-28(25)34)18-4-6-23(32)21(14-18)29(38)37-12-8-20(9-13-37)36-10-2-3-11-36;1-17(24-21(28)7-8-22(30)25(24)29)37-23-15-20(16-32-26(23)31)18-3-5-19(6-4-18)27(35)34-11-9-33(10-12-34)13-14-36-2;1-13-11-34(12-14(2)33-13)26(35)18-8-16(4-6-20(18)29)17-9-22(25(31)32-10-17)36-15(3)23-19(27)5-7-21(30)24(23)28;1-14(21-18(25)6-7-19(27)22(21)26)34-20-12-17(13-29-23(20)28)15-2-4-16(5-3-15)24(31)30-8-10-35(32,33)11-9-30/h4-7,14-17,20H,2-3,8-13H2,1H3,(H2,34,35);3-8,15-17H,9-14H2,1-2H3,(H2,31,32);4-10,13-15,33H,11-12H2,1-3H3,(H2,31,32);2-7,12-14H,8-11H2,1H3,(H2,28,29)/t;;13-,14+,15?;. The van der Waals surface area contributed by atoms with Crippen molar-refractivity contribution in [2.24, 2.45) is 0 Å². The third-order valence-electron chi connectivity index (χ3n) is 25.8. The third kappa shape index (κ3) is 27.3. The van der Waals surface area contributed by atoms with Crippen molar-refractivity contribution in [3.05, 3.63) is 302 Å². The van der Waals surface area contributed by atoms with Crippen LogP contribution in [0.5, 0.6) is 23.0 Å². The van der Waals surface area contributed by atoms with Crippen molar-refractivity contribution in [3.8, 4) is 67.5 Å². The van der Waals surface area contributed by atoms with Crippen molar-refractivity contribution in [1.82, 2.24) is 54.7 Å². The average molecular weight is 2200 g/mol. The highest BCUT2D eigenvalue weighted by molar-refractivity contribution is 7.91. The molecule has 6 atom stereocenters. The van der Waals surface area contributed by atoms with Gasteiger partial charge in [-0.15, -0.1) is 0 Å². The number of nitrogens with one attached hydrogen (secondary N) is 1. The van der Waals surface area contributed by atoms with Gasteiger partial charge >= 0.3 is 0 Å². The number of piperidine rings is 1. The lowest BCUT2D eigenvalue weighted by atomic mass is 10.0. The number of sulfone groups is 1. The van der Waals surface area contributed by atoms with Crippen molar-refractivity contribution in [2.75, 3.05) is 133 Å². The molecule has 17 rings (SSSR count). The number of amides is 4. The van der Waals surface area contributed by atoms with Crippen LogP contribution in [-0.4, -0.2) is 210 Å². The third-order valence-corrected chi connectivity index (χ3v) is 30.3. The Morgan fingerprint density at radius 2 is 0.680 bits per heavy atom. The van der Waals surface area contributed by atoms with Gasteiger partial charge in [0.15, 0.2) is 56.1 Å². The molecular weight excluding hydrogens is 2090 g/mol. The van der Waals surface area contributed by atoms with Crippen LogP contribution in [0, 0.1) is 34.9 Å². The van der Waals surface area contributed by atoms with Gasteiger partial charge in [0.2, 0.25) is 0 Å². The summed E-state index contributed by atoms with van der Waals surface area (Å²) in [7, 11) is -1.38. The van der Waals surface area contributed by atoms with E-state index in [2.05, 4.69) is 35.1 Å². The molecule has 0 aliphatic carbocycles. The molecule has 0 spiro atoms. The summed E-state index contributed by atoms with van der Waals surface area (Å²) in [6, 6.07) is 40.7. The molecule has 9 heterocycles. The van der Waals surface area contributed by atoms with E-state index in [1.807, 2.05) is 30.9 Å². The number of benzene rings is 8. The van der Waals surface area contributed by atoms with Crippen LogP contribution in [0.25, 0.3) is 44.5 Å². The number of nitrogens with two attached hydrogens (primary N) is 4. The number of nitrogens with zero attached hydrogens (tertiary/aromatic N) is 10. The van der Waals surface area contributed by atoms with Crippen molar-refractivity contribution in [2.45, 2.75) is 110 Å².